The topological polar surface area (TPSA) is 92.0 Å². The number of aromatic nitrogens is 7. The highest BCUT2D eigenvalue weighted by molar-refractivity contribution is 7.16. The van der Waals surface area contributed by atoms with Crippen LogP contribution in [0.15, 0.2) is 119 Å². The van der Waals surface area contributed by atoms with Gasteiger partial charge in [0.15, 0.2) is 0 Å². The lowest BCUT2D eigenvalue weighted by atomic mass is 10.0. The normalized spacial score (nSPS) is 11.4. The van der Waals surface area contributed by atoms with Gasteiger partial charge in [0.1, 0.15) is 11.5 Å². The Morgan fingerprint density at radius 1 is 0.673 bits per heavy atom. The van der Waals surface area contributed by atoms with E-state index in [1.807, 2.05) is 111 Å². The average Bonchev–Trinajstić information content (AvgIpc) is 3.78. The van der Waals surface area contributed by atoms with Crippen molar-refractivity contribution in [2.24, 2.45) is 0 Å². The first-order valence-corrected chi connectivity index (χ1v) is 18.5. The zero-order valence-electron chi connectivity index (χ0n) is 30.4. The summed E-state index contributed by atoms with van der Waals surface area (Å²) in [5.41, 5.74) is 7.67. The largest absolute Gasteiger partial charge is 0.326 e. The molecule has 0 aliphatic rings. The summed E-state index contributed by atoms with van der Waals surface area (Å²) in [6.07, 6.45) is 1.92. The number of nitrogens with zero attached hydrogens (tertiary/aromatic N) is 7. The van der Waals surface area contributed by atoms with E-state index >= 15 is 0 Å². The van der Waals surface area contributed by atoms with Crippen LogP contribution in [0.2, 0.25) is 5.02 Å². The number of para-hydroxylation sites is 2. The Balaban J connectivity index is 0.000000146. The van der Waals surface area contributed by atoms with E-state index in [2.05, 4.69) is 53.6 Å². The zero-order valence-corrected chi connectivity index (χ0v) is 31.9. The quantitative estimate of drug-likeness (QED) is 0.176. The minimum absolute atomic E-state index is 0.00513. The van der Waals surface area contributed by atoms with Crippen molar-refractivity contribution in [2.45, 2.75) is 66.6 Å². The second-order valence-electron chi connectivity index (χ2n) is 13.3. The van der Waals surface area contributed by atoms with Crippen LogP contribution in [0.4, 0.5) is 0 Å². The van der Waals surface area contributed by atoms with E-state index in [0.717, 1.165) is 49.6 Å². The molecular weight excluding hydrogens is 690 g/mol. The lowest BCUT2D eigenvalue weighted by Gasteiger charge is -2.10. The standard InChI is InChI=1S/C20H18N4O.C11H14N2.C10H10ClNOS/c1-14(2)24-18(25)12-11-16(21-24)19-17-10-6-7-13-23(17)22-20(19)15-8-4-3-5-9-15;1-8(2)13-9(3)12-10-6-4-5-7-11(10)13;1-6(2)12-8-5-7(11)3-4-9(8)14-10(12)13/h3-14H,1-2H3;4-8H,1-3H3;3-6H,1-2H3. The second-order valence-corrected chi connectivity index (χ2v) is 14.7. The fourth-order valence-electron chi connectivity index (χ4n) is 6.29. The number of rotatable bonds is 5. The molecule has 8 aromatic rings. The van der Waals surface area contributed by atoms with Crippen molar-refractivity contribution in [1.82, 2.24) is 33.5 Å². The summed E-state index contributed by atoms with van der Waals surface area (Å²) in [5, 5.41) is 10.0. The molecule has 0 radical (unpaired) electrons. The van der Waals surface area contributed by atoms with Gasteiger partial charge in [0.05, 0.1) is 44.1 Å². The molecule has 0 unspecified atom stereocenters. The van der Waals surface area contributed by atoms with Crippen LogP contribution in [0.5, 0.6) is 0 Å². The molecule has 52 heavy (non-hydrogen) atoms. The van der Waals surface area contributed by atoms with Crippen LogP contribution < -0.4 is 10.4 Å². The Labute approximate surface area is 311 Å². The highest BCUT2D eigenvalue weighted by Gasteiger charge is 2.18. The number of pyridine rings is 1. The van der Waals surface area contributed by atoms with Crippen molar-refractivity contribution in [3.63, 3.8) is 0 Å². The van der Waals surface area contributed by atoms with Gasteiger partial charge in [-0.25, -0.2) is 14.2 Å². The van der Waals surface area contributed by atoms with Gasteiger partial charge in [-0.1, -0.05) is 71.5 Å². The van der Waals surface area contributed by atoms with Crippen LogP contribution >= 0.6 is 22.9 Å². The van der Waals surface area contributed by atoms with E-state index in [1.165, 1.54) is 21.5 Å². The molecule has 0 fully saturated rings. The van der Waals surface area contributed by atoms with Gasteiger partial charge < -0.3 is 4.57 Å². The fourth-order valence-corrected chi connectivity index (χ4v) is 7.45. The van der Waals surface area contributed by atoms with Gasteiger partial charge in [0.25, 0.3) is 5.56 Å². The maximum atomic E-state index is 12.1. The number of fused-ring (bicyclic) bond motifs is 3. The van der Waals surface area contributed by atoms with Crippen LogP contribution in [0.1, 0.15) is 65.5 Å². The Bertz CT molecular complexity index is 2590. The summed E-state index contributed by atoms with van der Waals surface area (Å²) >= 11 is 7.16. The molecule has 266 valence electrons. The summed E-state index contributed by atoms with van der Waals surface area (Å²) in [5.74, 6) is 1.09. The molecular formula is C41H42ClN7O2S. The third-order valence-electron chi connectivity index (χ3n) is 8.54. The number of hydrogen-bond donors (Lipinski definition) is 0. The van der Waals surface area contributed by atoms with E-state index in [9.17, 15) is 9.59 Å². The average molecular weight is 732 g/mol. The van der Waals surface area contributed by atoms with Gasteiger partial charge in [-0.2, -0.15) is 10.2 Å². The third-order valence-corrected chi connectivity index (χ3v) is 9.71. The molecule has 3 aromatic carbocycles. The van der Waals surface area contributed by atoms with Crippen LogP contribution in [0, 0.1) is 6.92 Å². The minimum Gasteiger partial charge on any atom is -0.326 e. The van der Waals surface area contributed by atoms with Crippen molar-refractivity contribution in [2.75, 3.05) is 0 Å². The first kappa shape index (κ1) is 36.5. The molecule has 0 atom stereocenters. The number of thiazole rings is 1. The smallest absolute Gasteiger partial charge is 0.308 e. The summed E-state index contributed by atoms with van der Waals surface area (Å²) in [6.45, 7) is 14.3. The van der Waals surface area contributed by atoms with Gasteiger partial charge in [-0.3, -0.25) is 14.2 Å². The molecule has 0 spiro atoms. The highest BCUT2D eigenvalue weighted by atomic mass is 35.5. The summed E-state index contributed by atoms with van der Waals surface area (Å²) in [7, 11) is 0. The number of benzene rings is 3. The van der Waals surface area contributed by atoms with Crippen molar-refractivity contribution < 1.29 is 0 Å². The Kier molecular flexibility index (Phi) is 10.9. The number of imidazole rings is 1. The van der Waals surface area contributed by atoms with Crippen LogP contribution in [0.3, 0.4) is 0 Å². The van der Waals surface area contributed by atoms with Gasteiger partial charge in [-0.05, 0) is 97.0 Å². The van der Waals surface area contributed by atoms with Crippen LogP contribution in [0.25, 0.3) is 49.3 Å². The summed E-state index contributed by atoms with van der Waals surface area (Å²) < 4.78 is 8.38. The van der Waals surface area contributed by atoms with E-state index in [-0.39, 0.29) is 22.5 Å². The molecule has 5 aromatic heterocycles. The monoisotopic (exact) mass is 731 g/mol. The van der Waals surface area contributed by atoms with Crippen molar-refractivity contribution in [1.29, 1.82) is 0 Å². The molecule has 11 heteroatoms. The predicted molar refractivity (Wildman–Crippen MR) is 215 cm³/mol. The lowest BCUT2D eigenvalue weighted by molar-refractivity contribution is 0.505. The maximum absolute atomic E-state index is 12.1. The minimum atomic E-state index is -0.100. The van der Waals surface area contributed by atoms with Gasteiger partial charge in [0.2, 0.25) is 0 Å². The maximum Gasteiger partial charge on any atom is 0.308 e. The lowest BCUT2D eigenvalue weighted by Crippen LogP contribution is -2.23. The van der Waals surface area contributed by atoms with Crippen molar-refractivity contribution >= 4 is 49.7 Å². The summed E-state index contributed by atoms with van der Waals surface area (Å²) in [6, 6.07) is 33.8. The van der Waals surface area contributed by atoms with Gasteiger partial charge in [-0.15, -0.1) is 0 Å². The predicted octanol–water partition coefficient (Wildman–Crippen LogP) is 10.0. The molecule has 0 saturated heterocycles. The van der Waals surface area contributed by atoms with Crippen LogP contribution in [-0.4, -0.2) is 33.5 Å². The van der Waals surface area contributed by atoms with Crippen molar-refractivity contribution in [3.8, 4) is 22.5 Å². The molecule has 0 amide bonds. The number of hydrogen-bond acceptors (Lipinski definition) is 6. The van der Waals surface area contributed by atoms with E-state index in [4.69, 9.17) is 16.7 Å². The molecule has 0 saturated carbocycles. The van der Waals surface area contributed by atoms with E-state index < -0.39 is 0 Å². The van der Waals surface area contributed by atoms with Crippen LogP contribution in [-0.2, 0) is 0 Å². The Morgan fingerprint density at radius 2 is 1.35 bits per heavy atom. The zero-order chi connectivity index (χ0) is 37.1. The molecule has 5 heterocycles. The molecule has 8 rings (SSSR count). The molecule has 9 nitrogen and oxygen atoms in total. The third kappa shape index (κ3) is 7.49. The first-order chi connectivity index (χ1) is 24.9. The fraction of sp³-hybridized carbons (Fsp3) is 0.244. The molecule has 0 N–H and O–H groups in total. The Hall–Kier alpha value is -5.32. The molecule has 0 aliphatic carbocycles. The SMILES string of the molecule is CC(C)n1c(=O)sc2ccc(Cl)cc21.CC(C)n1nc(-c2c(-c3ccccc3)nn3ccccc23)ccc1=O.Cc1nc2ccccc2n1C(C)C. The van der Waals surface area contributed by atoms with E-state index in [0.29, 0.717) is 11.1 Å². The van der Waals surface area contributed by atoms with E-state index in [1.54, 1.807) is 16.7 Å². The number of aryl methyl sites for hydroxylation is 1. The first-order valence-electron chi connectivity index (χ1n) is 17.3. The van der Waals surface area contributed by atoms with Gasteiger partial charge >= 0.3 is 4.87 Å². The molecule has 0 bridgehead atoms. The van der Waals surface area contributed by atoms with Gasteiger partial charge in [0, 0.05) is 34.9 Å². The summed E-state index contributed by atoms with van der Waals surface area (Å²) in [4.78, 5) is 28.3. The highest BCUT2D eigenvalue weighted by Crippen LogP contribution is 2.33. The molecule has 0 aliphatic heterocycles. The second kappa shape index (κ2) is 15.5. The Morgan fingerprint density at radius 3 is 2.06 bits per heavy atom. The van der Waals surface area contributed by atoms with Crippen molar-refractivity contribution in [3.05, 3.63) is 140 Å². The number of halogens is 1.